The number of nitrogen functional groups attached to an aromatic ring is 1. The topological polar surface area (TPSA) is 72.6 Å². The van der Waals surface area contributed by atoms with Gasteiger partial charge in [-0.3, -0.25) is 0 Å². The van der Waals surface area contributed by atoms with Crippen LogP contribution in [0.5, 0.6) is 5.75 Å². The van der Waals surface area contributed by atoms with Gasteiger partial charge in [0.05, 0.1) is 13.7 Å². The number of ether oxygens (including phenoxy) is 2. The molecule has 7 heteroatoms. The molecule has 98 valence electrons. The zero-order chi connectivity index (χ0) is 12.7. The first-order valence-corrected chi connectivity index (χ1v) is 6.16. The summed E-state index contributed by atoms with van der Waals surface area (Å²) in [6, 6.07) is 0. The highest BCUT2D eigenvalue weighted by atomic mass is 32.1. The number of hydrogen-bond donors (Lipinski definition) is 2. The Bertz CT molecular complexity index is 332. The van der Waals surface area contributed by atoms with Gasteiger partial charge in [-0.05, 0) is 18.6 Å². The highest BCUT2D eigenvalue weighted by molar-refractivity contribution is 7.11. The lowest BCUT2D eigenvalue weighted by atomic mass is 10.5. The molecule has 1 aromatic heterocycles. The normalized spacial score (nSPS) is 10.8. The minimum Gasteiger partial charge on any atom is -0.490 e. The van der Waals surface area contributed by atoms with E-state index < -0.39 is 0 Å². The van der Waals surface area contributed by atoms with Crippen LogP contribution >= 0.6 is 11.5 Å². The van der Waals surface area contributed by atoms with E-state index in [1.54, 1.807) is 14.2 Å². The van der Waals surface area contributed by atoms with Gasteiger partial charge in [-0.25, -0.2) is 0 Å². The molecular weight excluding hydrogens is 240 g/mol. The van der Waals surface area contributed by atoms with E-state index in [0.717, 1.165) is 31.2 Å². The monoisotopic (exact) mass is 260 g/mol. The number of nitrogens with two attached hydrogens (primary N) is 1. The fourth-order valence-corrected chi connectivity index (χ4v) is 2.03. The van der Waals surface area contributed by atoms with Crippen LogP contribution in [-0.2, 0) is 4.74 Å². The average Bonchev–Trinajstić information content (AvgIpc) is 2.67. The zero-order valence-corrected chi connectivity index (χ0v) is 11.3. The number of hydrogen-bond acceptors (Lipinski definition) is 7. The summed E-state index contributed by atoms with van der Waals surface area (Å²) in [4.78, 5) is 2.19. The molecule has 0 amide bonds. The number of rotatable bonds is 8. The molecule has 0 saturated carbocycles. The predicted octanol–water partition coefficient (Wildman–Crippen LogP) is 0.724. The van der Waals surface area contributed by atoms with Crippen LogP contribution in [-0.4, -0.2) is 56.8 Å². The molecule has 1 rings (SSSR count). The van der Waals surface area contributed by atoms with Gasteiger partial charge in [0.15, 0.2) is 16.6 Å². The van der Waals surface area contributed by atoms with Crippen LogP contribution in [0.4, 0.5) is 10.8 Å². The lowest BCUT2D eigenvalue weighted by Crippen LogP contribution is -2.28. The van der Waals surface area contributed by atoms with Crippen LogP contribution in [0.1, 0.15) is 0 Å². The number of likely N-dealkylation sites (N-methyl/N-ethyl adjacent to an activating group) is 1. The minimum absolute atomic E-state index is 0.438. The Morgan fingerprint density at radius 2 is 2.18 bits per heavy atom. The Morgan fingerprint density at radius 3 is 2.82 bits per heavy atom. The van der Waals surface area contributed by atoms with Crippen molar-refractivity contribution < 1.29 is 9.47 Å². The van der Waals surface area contributed by atoms with E-state index in [9.17, 15) is 0 Å². The summed E-state index contributed by atoms with van der Waals surface area (Å²) < 4.78 is 14.2. The molecule has 1 heterocycles. The minimum atomic E-state index is 0.438. The van der Waals surface area contributed by atoms with Crippen molar-refractivity contribution in [2.24, 2.45) is 0 Å². The number of aromatic nitrogens is 1. The standard InChI is InChI=1S/C10H20N4O2S/c1-14(6-7-15-2)5-4-12-10-8(16-3)9(11)13-17-10/h12H,4-7H2,1-3H3,(H2,11,13). The molecule has 1 aromatic rings. The van der Waals surface area contributed by atoms with Crippen molar-refractivity contribution in [3.05, 3.63) is 0 Å². The van der Waals surface area contributed by atoms with E-state index in [2.05, 4.69) is 21.6 Å². The molecule has 0 fully saturated rings. The maximum Gasteiger partial charge on any atom is 0.197 e. The third-order valence-electron chi connectivity index (χ3n) is 2.33. The first-order valence-electron chi connectivity index (χ1n) is 5.39. The predicted molar refractivity (Wildman–Crippen MR) is 70.9 cm³/mol. The summed E-state index contributed by atoms with van der Waals surface area (Å²) >= 11 is 1.32. The fraction of sp³-hybridized carbons (Fsp3) is 0.700. The van der Waals surface area contributed by atoms with Crippen LogP contribution in [0.25, 0.3) is 0 Å². The molecule has 0 saturated heterocycles. The number of methoxy groups -OCH3 is 2. The van der Waals surface area contributed by atoms with Gasteiger partial charge in [0.2, 0.25) is 0 Å². The number of anilines is 2. The Kier molecular flexibility index (Phi) is 6.03. The summed E-state index contributed by atoms with van der Waals surface area (Å²) in [6.45, 7) is 3.40. The van der Waals surface area contributed by atoms with Gasteiger partial charge in [0.1, 0.15) is 0 Å². The molecular formula is C10H20N4O2S. The molecule has 0 aliphatic heterocycles. The van der Waals surface area contributed by atoms with Gasteiger partial charge in [0.25, 0.3) is 0 Å². The van der Waals surface area contributed by atoms with Crippen molar-refractivity contribution in [1.82, 2.24) is 9.27 Å². The first-order chi connectivity index (χ1) is 8.19. The van der Waals surface area contributed by atoms with Crippen molar-refractivity contribution in [2.45, 2.75) is 0 Å². The van der Waals surface area contributed by atoms with Gasteiger partial charge in [-0.15, -0.1) is 0 Å². The number of nitrogens with zero attached hydrogens (tertiary/aromatic N) is 2. The lowest BCUT2D eigenvalue weighted by molar-refractivity contribution is 0.163. The summed E-state index contributed by atoms with van der Waals surface area (Å²) in [6.07, 6.45) is 0. The lowest BCUT2D eigenvalue weighted by Gasteiger charge is -2.16. The highest BCUT2D eigenvalue weighted by Crippen LogP contribution is 2.34. The van der Waals surface area contributed by atoms with E-state index in [1.165, 1.54) is 11.5 Å². The molecule has 0 aliphatic rings. The summed E-state index contributed by atoms with van der Waals surface area (Å²) in [5.41, 5.74) is 5.66. The van der Waals surface area contributed by atoms with Crippen LogP contribution in [0, 0.1) is 0 Å². The van der Waals surface area contributed by atoms with Crippen molar-refractivity contribution in [3.8, 4) is 5.75 Å². The Morgan fingerprint density at radius 1 is 1.41 bits per heavy atom. The zero-order valence-electron chi connectivity index (χ0n) is 10.5. The third-order valence-corrected chi connectivity index (χ3v) is 3.13. The quantitative estimate of drug-likeness (QED) is 0.718. The summed E-state index contributed by atoms with van der Waals surface area (Å²) in [5, 5.41) is 4.14. The van der Waals surface area contributed by atoms with Gasteiger partial charge in [0, 0.05) is 26.7 Å². The highest BCUT2D eigenvalue weighted by Gasteiger charge is 2.11. The second-order valence-electron chi connectivity index (χ2n) is 3.65. The second-order valence-corrected chi connectivity index (χ2v) is 4.43. The Labute approximate surface area is 106 Å². The van der Waals surface area contributed by atoms with Crippen molar-refractivity contribution in [2.75, 3.05) is 58.6 Å². The van der Waals surface area contributed by atoms with E-state index in [1.807, 2.05) is 0 Å². The Hall–Kier alpha value is -1.05. The molecule has 0 bridgehead atoms. The van der Waals surface area contributed by atoms with Gasteiger partial charge in [-0.2, -0.15) is 4.37 Å². The second kappa shape index (κ2) is 7.31. The van der Waals surface area contributed by atoms with E-state index in [0.29, 0.717) is 11.6 Å². The van der Waals surface area contributed by atoms with E-state index in [4.69, 9.17) is 15.2 Å². The third kappa shape index (κ3) is 4.37. The van der Waals surface area contributed by atoms with Crippen LogP contribution in [0.3, 0.4) is 0 Å². The van der Waals surface area contributed by atoms with Crippen molar-refractivity contribution >= 4 is 22.4 Å². The summed E-state index contributed by atoms with van der Waals surface area (Å²) in [5.74, 6) is 1.07. The SMILES string of the molecule is COCCN(C)CCNc1snc(N)c1OC. The summed E-state index contributed by atoms with van der Waals surface area (Å²) in [7, 11) is 5.35. The van der Waals surface area contributed by atoms with Crippen molar-refractivity contribution in [1.29, 1.82) is 0 Å². The molecule has 0 aromatic carbocycles. The smallest absolute Gasteiger partial charge is 0.197 e. The molecule has 0 unspecified atom stereocenters. The molecule has 17 heavy (non-hydrogen) atoms. The van der Waals surface area contributed by atoms with Gasteiger partial charge >= 0.3 is 0 Å². The molecule has 0 spiro atoms. The molecule has 3 N–H and O–H groups in total. The van der Waals surface area contributed by atoms with E-state index >= 15 is 0 Å². The van der Waals surface area contributed by atoms with Gasteiger partial charge < -0.3 is 25.4 Å². The van der Waals surface area contributed by atoms with Crippen LogP contribution < -0.4 is 15.8 Å². The fourth-order valence-electron chi connectivity index (χ4n) is 1.32. The van der Waals surface area contributed by atoms with Crippen LogP contribution in [0.2, 0.25) is 0 Å². The van der Waals surface area contributed by atoms with Crippen molar-refractivity contribution in [3.63, 3.8) is 0 Å². The average molecular weight is 260 g/mol. The van der Waals surface area contributed by atoms with Gasteiger partial charge in [-0.1, -0.05) is 0 Å². The van der Waals surface area contributed by atoms with Crippen LogP contribution in [0.15, 0.2) is 0 Å². The largest absolute Gasteiger partial charge is 0.490 e. The molecule has 0 atom stereocenters. The molecule has 0 radical (unpaired) electrons. The molecule has 0 aliphatic carbocycles. The maximum atomic E-state index is 5.66. The number of nitrogens with one attached hydrogen (secondary N) is 1. The first kappa shape index (κ1) is 14.0. The Balaban J connectivity index is 2.30. The molecule has 6 nitrogen and oxygen atoms in total. The van der Waals surface area contributed by atoms with E-state index in [-0.39, 0.29) is 0 Å². The maximum absolute atomic E-state index is 5.66.